The Balaban J connectivity index is 3.11. The molecule has 1 rings (SSSR count). The summed E-state index contributed by atoms with van der Waals surface area (Å²) >= 11 is 6.03. The van der Waals surface area contributed by atoms with E-state index in [9.17, 15) is 5.11 Å². The van der Waals surface area contributed by atoms with Gasteiger partial charge in [-0.15, -0.1) is 0 Å². The van der Waals surface area contributed by atoms with Gasteiger partial charge in [-0.25, -0.2) is 0 Å². The number of aliphatic hydroxyl groups is 1. The first-order chi connectivity index (χ1) is 9.01. The third-order valence-electron chi connectivity index (χ3n) is 2.54. The lowest BCUT2D eigenvalue weighted by Gasteiger charge is -2.16. The van der Waals surface area contributed by atoms with E-state index in [1.165, 1.54) is 7.11 Å². The molecule has 0 aliphatic carbocycles. The Morgan fingerprint density at radius 2 is 1.95 bits per heavy atom. The monoisotopic (exact) mass is 283 g/mol. The Morgan fingerprint density at radius 1 is 1.32 bits per heavy atom. The molecular weight excluding hydrogens is 266 g/mol. The minimum atomic E-state index is -0.106. The molecule has 0 heterocycles. The van der Waals surface area contributed by atoms with Crippen LogP contribution in [0.25, 0.3) is 11.5 Å². The van der Waals surface area contributed by atoms with Crippen LogP contribution in [-0.4, -0.2) is 32.5 Å². The van der Waals surface area contributed by atoms with Crippen LogP contribution in [0.2, 0.25) is 5.02 Å². The van der Waals surface area contributed by atoms with Gasteiger partial charge in [0.25, 0.3) is 0 Å². The van der Waals surface area contributed by atoms with Crippen LogP contribution in [-0.2, 0) is 4.74 Å². The van der Waals surface area contributed by atoms with Gasteiger partial charge in [0.05, 0.1) is 19.3 Å². The summed E-state index contributed by atoms with van der Waals surface area (Å²) < 4.78 is 10.3. The lowest BCUT2D eigenvalue weighted by atomic mass is 10.1. The number of hydrogen-bond acceptors (Lipinski definition) is 4. The number of nitrogens with one attached hydrogen (secondary N) is 1. The second kappa shape index (κ2) is 7.07. The molecule has 19 heavy (non-hydrogen) atoms. The maximum absolute atomic E-state index is 9.58. The minimum Gasteiger partial charge on any atom is -0.508 e. The van der Waals surface area contributed by atoms with E-state index in [0.717, 1.165) is 0 Å². The van der Waals surface area contributed by atoms with Crippen LogP contribution in [0.15, 0.2) is 25.3 Å². The highest BCUT2D eigenvalue weighted by Gasteiger charge is 2.15. The van der Waals surface area contributed by atoms with Gasteiger partial charge in [-0.2, -0.15) is 0 Å². The fraction of sp³-hybridized carbons (Fsp3) is 0.286. The quantitative estimate of drug-likeness (QED) is 0.596. The number of hydrogen-bond donors (Lipinski definition) is 2. The molecule has 0 saturated carbocycles. The molecule has 104 valence electrons. The van der Waals surface area contributed by atoms with Crippen molar-refractivity contribution in [2.75, 3.05) is 27.4 Å². The lowest BCUT2D eigenvalue weighted by Crippen LogP contribution is -2.17. The number of rotatable bonds is 7. The van der Waals surface area contributed by atoms with Crippen molar-refractivity contribution in [2.24, 2.45) is 0 Å². The van der Waals surface area contributed by atoms with Gasteiger partial charge in [0.15, 0.2) is 0 Å². The number of halogens is 1. The van der Waals surface area contributed by atoms with Crippen molar-refractivity contribution in [3.8, 4) is 5.75 Å². The molecule has 2 N–H and O–H groups in total. The predicted molar refractivity (Wildman–Crippen MR) is 78.6 cm³/mol. The number of aliphatic hydroxyl groups excluding tert-OH is 1. The largest absolute Gasteiger partial charge is 0.508 e. The molecule has 0 fully saturated rings. The summed E-state index contributed by atoms with van der Waals surface area (Å²) in [6.07, 6.45) is 0. The molecule has 0 amide bonds. The van der Waals surface area contributed by atoms with Gasteiger partial charge >= 0.3 is 0 Å². The fourth-order valence-electron chi connectivity index (χ4n) is 1.65. The van der Waals surface area contributed by atoms with Gasteiger partial charge in [0, 0.05) is 29.9 Å². The summed E-state index contributed by atoms with van der Waals surface area (Å²) in [4.78, 5) is 0. The second-order valence-corrected chi connectivity index (χ2v) is 4.32. The van der Waals surface area contributed by atoms with Gasteiger partial charge in [0.1, 0.15) is 11.5 Å². The van der Waals surface area contributed by atoms with E-state index in [1.54, 1.807) is 19.2 Å². The van der Waals surface area contributed by atoms with Crippen molar-refractivity contribution in [2.45, 2.75) is 0 Å². The highest BCUT2D eigenvalue weighted by molar-refractivity contribution is 6.31. The Hall–Kier alpha value is -1.65. The molecule has 0 unspecified atom stereocenters. The molecule has 0 saturated heterocycles. The van der Waals surface area contributed by atoms with Gasteiger partial charge < -0.3 is 19.9 Å². The van der Waals surface area contributed by atoms with Crippen LogP contribution in [0.3, 0.4) is 0 Å². The first kappa shape index (κ1) is 15.4. The molecule has 0 atom stereocenters. The van der Waals surface area contributed by atoms with Crippen LogP contribution < -0.4 is 10.1 Å². The second-order valence-electron chi connectivity index (χ2n) is 3.88. The maximum Gasteiger partial charge on any atom is 0.139 e. The Kier molecular flexibility index (Phi) is 5.73. The molecule has 1 aromatic carbocycles. The topological polar surface area (TPSA) is 50.7 Å². The van der Waals surface area contributed by atoms with E-state index < -0.39 is 0 Å². The third-order valence-corrected chi connectivity index (χ3v) is 2.76. The normalized spacial score (nSPS) is 10.1. The summed E-state index contributed by atoms with van der Waals surface area (Å²) in [7, 11) is 3.14. The van der Waals surface area contributed by atoms with Crippen LogP contribution in [0.4, 0.5) is 0 Å². The standard InChI is InChI=1S/C14H18ClNO3/c1-9(16-5-6-18-3)12-7-11(15)8-13(10(2)17)14(12)19-4/h7-8,16-17H,1-2,5-6H2,3-4H3. The fourth-order valence-corrected chi connectivity index (χ4v) is 1.87. The van der Waals surface area contributed by atoms with E-state index in [1.807, 2.05) is 0 Å². The number of benzene rings is 1. The van der Waals surface area contributed by atoms with E-state index in [0.29, 0.717) is 40.7 Å². The Morgan fingerprint density at radius 3 is 2.47 bits per heavy atom. The molecule has 4 nitrogen and oxygen atoms in total. The molecule has 0 aliphatic rings. The van der Waals surface area contributed by atoms with Gasteiger partial charge in [-0.1, -0.05) is 24.8 Å². The number of ether oxygens (including phenoxy) is 2. The van der Waals surface area contributed by atoms with Crippen molar-refractivity contribution in [1.82, 2.24) is 5.32 Å². The Labute approximate surface area is 118 Å². The summed E-state index contributed by atoms with van der Waals surface area (Å²) in [6.45, 7) is 8.60. The third kappa shape index (κ3) is 3.91. The summed E-state index contributed by atoms with van der Waals surface area (Å²) in [5.74, 6) is 0.372. The molecule has 5 heteroatoms. The summed E-state index contributed by atoms with van der Waals surface area (Å²) in [5, 5.41) is 13.1. The molecule has 0 radical (unpaired) electrons. The zero-order chi connectivity index (χ0) is 14.4. The molecular formula is C14H18ClNO3. The first-order valence-electron chi connectivity index (χ1n) is 5.69. The van der Waals surface area contributed by atoms with Crippen molar-refractivity contribution in [3.05, 3.63) is 41.4 Å². The van der Waals surface area contributed by atoms with Gasteiger partial charge in [0.2, 0.25) is 0 Å². The van der Waals surface area contributed by atoms with Gasteiger partial charge in [-0.3, -0.25) is 0 Å². The molecule has 0 aromatic heterocycles. The van der Waals surface area contributed by atoms with Crippen LogP contribution in [0, 0.1) is 0 Å². The molecule has 0 spiro atoms. The molecule has 1 aromatic rings. The van der Waals surface area contributed by atoms with Crippen LogP contribution in [0.5, 0.6) is 5.75 Å². The maximum atomic E-state index is 9.58. The zero-order valence-electron chi connectivity index (χ0n) is 11.1. The highest BCUT2D eigenvalue weighted by atomic mass is 35.5. The summed E-state index contributed by atoms with van der Waals surface area (Å²) in [6, 6.07) is 3.31. The first-order valence-corrected chi connectivity index (χ1v) is 6.07. The Bertz CT molecular complexity index is 486. The highest BCUT2D eigenvalue weighted by Crippen LogP contribution is 2.34. The van der Waals surface area contributed by atoms with E-state index in [-0.39, 0.29) is 5.76 Å². The minimum absolute atomic E-state index is 0.106. The smallest absolute Gasteiger partial charge is 0.139 e. The SMILES string of the molecule is C=C(O)c1cc(Cl)cc(C(=C)NCCOC)c1OC. The zero-order valence-corrected chi connectivity index (χ0v) is 11.9. The summed E-state index contributed by atoms with van der Waals surface area (Å²) in [5.41, 5.74) is 1.76. The molecule has 0 bridgehead atoms. The van der Waals surface area contributed by atoms with Gasteiger partial charge in [-0.05, 0) is 12.1 Å². The van der Waals surface area contributed by atoms with Crippen LogP contribution in [0.1, 0.15) is 11.1 Å². The van der Waals surface area contributed by atoms with Crippen LogP contribution >= 0.6 is 11.6 Å². The van der Waals surface area contributed by atoms with E-state index in [2.05, 4.69) is 18.5 Å². The predicted octanol–water partition coefficient (Wildman–Crippen LogP) is 3.08. The van der Waals surface area contributed by atoms with Crippen molar-refractivity contribution >= 4 is 23.1 Å². The average molecular weight is 284 g/mol. The van der Waals surface area contributed by atoms with E-state index in [4.69, 9.17) is 21.1 Å². The lowest BCUT2D eigenvalue weighted by molar-refractivity contribution is 0.203. The van der Waals surface area contributed by atoms with Crippen molar-refractivity contribution in [1.29, 1.82) is 0 Å². The average Bonchev–Trinajstić information content (AvgIpc) is 2.37. The number of methoxy groups -OCH3 is 2. The van der Waals surface area contributed by atoms with E-state index >= 15 is 0 Å². The van der Waals surface area contributed by atoms with Crippen molar-refractivity contribution < 1.29 is 14.6 Å². The van der Waals surface area contributed by atoms with Crippen molar-refractivity contribution in [3.63, 3.8) is 0 Å². The molecule has 0 aliphatic heterocycles.